The Labute approximate surface area is 112 Å². The van der Waals surface area contributed by atoms with Crippen molar-refractivity contribution >= 4 is 17.7 Å². The normalized spacial score (nSPS) is 12.1. The molecule has 0 fully saturated rings. The first-order valence-corrected chi connectivity index (χ1v) is 7.05. The molecule has 5 nitrogen and oxygen atoms in total. The van der Waals surface area contributed by atoms with Gasteiger partial charge < -0.3 is 10.1 Å². The van der Waals surface area contributed by atoms with E-state index in [1.54, 1.807) is 18.0 Å². The van der Waals surface area contributed by atoms with Crippen LogP contribution in [-0.2, 0) is 9.53 Å². The summed E-state index contributed by atoms with van der Waals surface area (Å²) < 4.78 is 5.02. The molecule has 1 unspecified atom stereocenters. The van der Waals surface area contributed by atoms with Gasteiger partial charge in [0.25, 0.3) is 0 Å². The summed E-state index contributed by atoms with van der Waals surface area (Å²) in [6.07, 6.45) is 3.96. The van der Waals surface area contributed by atoms with Gasteiger partial charge in [0.15, 0.2) is 0 Å². The second-order valence-corrected chi connectivity index (χ2v) is 4.66. The molecule has 0 saturated carbocycles. The Morgan fingerprint density at radius 1 is 1.56 bits per heavy atom. The maximum atomic E-state index is 11.7. The van der Waals surface area contributed by atoms with Crippen LogP contribution in [0.5, 0.6) is 0 Å². The Morgan fingerprint density at radius 3 is 3.00 bits per heavy atom. The van der Waals surface area contributed by atoms with E-state index in [0.29, 0.717) is 6.61 Å². The predicted molar refractivity (Wildman–Crippen MR) is 71.5 cm³/mol. The average Bonchev–Trinajstić information content (AvgIpc) is 2.39. The van der Waals surface area contributed by atoms with Gasteiger partial charge in [-0.1, -0.05) is 6.92 Å². The van der Waals surface area contributed by atoms with Gasteiger partial charge in [-0.2, -0.15) is 0 Å². The fourth-order valence-corrected chi connectivity index (χ4v) is 2.28. The average molecular weight is 269 g/mol. The van der Waals surface area contributed by atoms with E-state index in [-0.39, 0.29) is 12.0 Å². The molecule has 18 heavy (non-hydrogen) atoms. The molecule has 6 heteroatoms. The molecule has 1 rings (SSSR count). The van der Waals surface area contributed by atoms with Crippen molar-refractivity contribution < 1.29 is 9.53 Å². The number of carbonyl (C=O) groups excluding carboxylic acids is 1. The van der Waals surface area contributed by atoms with Crippen LogP contribution in [0.3, 0.4) is 0 Å². The van der Waals surface area contributed by atoms with E-state index in [2.05, 4.69) is 15.3 Å². The van der Waals surface area contributed by atoms with E-state index in [0.717, 1.165) is 23.7 Å². The molecule has 1 aromatic rings. The number of carbonyl (C=O) groups is 1. The number of hydrogen-bond donors (Lipinski definition) is 1. The molecule has 0 saturated heterocycles. The van der Waals surface area contributed by atoms with Crippen LogP contribution in [-0.4, -0.2) is 40.9 Å². The molecule has 0 bridgehead atoms. The predicted octanol–water partition coefficient (Wildman–Crippen LogP) is 1.50. The van der Waals surface area contributed by atoms with Crippen LogP contribution in [0.2, 0.25) is 0 Å². The summed E-state index contributed by atoms with van der Waals surface area (Å²) in [4.78, 5) is 19.6. The minimum Gasteiger partial charge on any atom is -0.465 e. The minimum absolute atomic E-state index is 0.178. The van der Waals surface area contributed by atoms with Crippen LogP contribution in [0.25, 0.3) is 0 Å². The SMILES string of the molecule is CCNC(CCSc1ccncn1)C(=O)OCC. The van der Waals surface area contributed by atoms with Crippen molar-refractivity contribution in [2.24, 2.45) is 0 Å². The maximum Gasteiger partial charge on any atom is 0.323 e. The zero-order valence-corrected chi connectivity index (χ0v) is 11.6. The molecule has 0 aromatic carbocycles. The van der Waals surface area contributed by atoms with E-state index in [1.807, 2.05) is 19.9 Å². The molecule has 0 spiro atoms. The molecule has 100 valence electrons. The van der Waals surface area contributed by atoms with Crippen LogP contribution in [0, 0.1) is 0 Å². The Kier molecular flexibility index (Phi) is 7.36. The van der Waals surface area contributed by atoms with E-state index >= 15 is 0 Å². The molecule has 1 N–H and O–H groups in total. The van der Waals surface area contributed by atoms with Crippen molar-refractivity contribution in [2.75, 3.05) is 18.9 Å². The third kappa shape index (κ3) is 5.46. The Balaban J connectivity index is 2.35. The van der Waals surface area contributed by atoms with Gasteiger partial charge in [-0.3, -0.25) is 4.79 Å². The second kappa shape index (κ2) is 8.88. The van der Waals surface area contributed by atoms with Crippen LogP contribution in [0.4, 0.5) is 0 Å². The number of rotatable bonds is 8. The van der Waals surface area contributed by atoms with Gasteiger partial charge >= 0.3 is 5.97 Å². The van der Waals surface area contributed by atoms with E-state index in [4.69, 9.17) is 4.74 Å². The maximum absolute atomic E-state index is 11.7. The number of aromatic nitrogens is 2. The molecular weight excluding hydrogens is 250 g/mol. The minimum atomic E-state index is -0.232. The highest BCUT2D eigenvalue weighted by Gasteiger charge is 2.17. The van der Waals surface area contributed by atoms with Gasteiger partial charge in [0.05, 0.1) is 11.6 Å². The van der Waals surface area contributed by atoms with Gasteiger partial charge in [0.2, 0.25) is 0 Å². The number of nitrogens with one attached hydrogen (secondary N) is 1. The molecular formula is C12H19N3O2S. The van der Waals surface area contributed by atoms with Crippen molar-refractivity contribution in [1.29, 1.82) is 0 Å². The molecule has 1 atom stereocenters. The molecule has 0 radical (unpaired) electrons. The molecule has 0 aliphatic heterocycles. The highest BCUT2D eigenvalue weighted by atomic mass is 32.2. The zero-order chi connectivity index (χ0) is 13.2. The lowest BCUT2D eigenvalue weighted by molar-refractivity contribution is -0.145. The zero-order valence-electron chi connectivity index (χ0n) is 10.8. The van der Waals surface area contributed by atoms with Crippen LogP contribution < -0.4 is 5.32 Å². The summed E-state index contributed by atoms with van der Waals surface area (Å²) in [5.74, 6) is 0.635. The highest BCUT2D eigenvalue weighted by molar-refractivity contribution is 7.99. The standard InChI is InChI=1S/C12H19N3O2S/c1-3-14-10(12(16)17-4-2)6-8-18-11-5-7-13-9-15-11/h5,7,9-10,14H,3-4,6,8H2,1-2H3. The van der Waals surface area contributed by atoms with Gasteiger partial charge in [-0.25, -0.2) is 9.97 Å². The first-order chi connectivity index (χ1) is 8.77. The summed E-state index contributed by atoms with van der Waals surface area (Å²) >= 11 is 1.61. The van der Waals surface area contributed by atoms with Crippen LogP contribution in [0.1, 0.15) is 20.3 Å². The van der Waals surface area contributed by atoms with Crippen molar-refractivity contribution in [2.45, 2.75) is 31.3 Å². The highest BCUT2D eigenvalue weighted by Crippen LogP contribution is 2.15. The van der Waals surface area contributed by atoms with Crippen molar-refractivity contribution in [3.63, 3.8) is 0 Å². The lowest BCUT2D eigenvalue weighted by Gasteiger charge is -2.15. The largest absolute Gasteiger partial charge is 0.465 e. The lowest BCUT2D eigenvalue weighted by Crippen LogP contribution is -2.38. The topological polar surface area (TPSA) is 64.1 Å². The first-order valence-electron chi connectivity index (χ1n) is 6.06. The summed E-state index contributed by atoms with van der Waals surface area (Å²) in [7, 11) is 0. The Morgan fingerprint density at radius 2 is 2.39 bits per heavy atom. The van der Waals surface area contributed by atoms with E-state index in [1.165, 1.54) is 6.33 Å². The summed E-state index contributed by atoms with van der Waals surface area (Å²) in [5, 5.41) is 4.05. The van der Waals surface area contributed by atoms with E-state index in [9.17, 15) is 4.79 Å². The van der Waals surface area contributed by atoms with Crippen molar-refractivity contribution in [3.8, 4) is 0 Å². The second-order valence-electron chi connectivity index (χ2n) is 3.55. The van der Waals surface area contributed by atoms with Gasteiger partial charge in [0.1, 0.15) is 12.4 Å². The molecule has 1 aromatic heterocycles. The summed E-state index contributed by atoms with van der Waals surface area (Å²) in [6, 6.07) is 1.63. The van der Waals surface area contributed by atoms with Gasteiger partial charge in [0, 0.05) is 11.9 Å². The fraction of sp³-hybridized carbons (Fsp3) is 0.583. The molecule has 0 amide bonds. The number of likely N-dealkylation sites (N-methyl/N-ethyl adjacent to an activating group) is 1. The number of hydrogen-bond acceptors (Lipinski definition) is 6. The fourth-order valence-electron chi connectivity index (χ4n) is 1.44. The summed E-state index contributed by atoms with van der Waals surface area (Å²) in [5.41, 5.74) is 0. The Bertz CT molecular complexity index is 348. The number of thioether (sulfide) groups is 1. The van der Waals surface area contributed by atoms with Crippen molar-refractivity contribution in [3.05, 3.63) is 18.6 Å². The Hall–Kier alpha value is -1.14. The number of esters is 1. The molecule has 1 heterocycles. The van der Waals surface area contributed by atoms with Gasteiger partial charge in [-0.15, -0.1) is 11.8 Å². The third-order valence-electron chi connectivity index (χ3n) is 2.23. The number of ether oxygens (including phenoxy) is 1. The smallest absolute Gasteiger partial charge is 0.323 e. The first kappa shape index (κ1) is 14.9. The monoisotopic (exact) mass is 269 g/mol. The van der Waals surface area contributed by atoms with Crippen LogP contribution in [0.15, 0.2) is 23.6 Å². The van der Waals surface area contributed by atoms with Gasteiger partial charge in [-0.05, 0) is 26.0 Å². The van der Waals surface area contributed by atoms with Crippen molar-refractivity contribution in [1.82, 2.24) is 15.3 Å². The molecule has 0 aliphatic rings. The van der Waals surface area contributed by atoms with E-state index < -0.39 is 0 Å². The molecule has 0 aliphatic carbocycles. The quantitative estimate of drug-likeness (QED) is 0.438. The lowest BCUT2D eigenvalue weighted by atomic mass is 10.2. The van der Waals surface area contributed by atoms with Crippen LogP contribution >= 0.6 is 11.8 Å². The number of nitrogens with zero attached hydrogens (tertiary/aromatic N) is 2. The summed E-state index contributed by atoms with van der Waals surface area (Å²) in [6.45, 7) is 4.96. The third-order valence-corrected chi connectivity index (χ3v) is 3.21.